The number of likely N-dealkylation sites (tertiary alicyclic amines) is 1. The minimum atomic E-state index is 0.625. The first-order chi connectivity index (χ1) is 7.25. The Kier molecular flexibility index (Phi) is 3.38. The lowest BCUT2D eigenvalue weighted by Crippen LogP contribution is -2.43. The highest BCUT2D eigenvalue weighted by Crippen LogP contribution is 2.09. The van der Waals surface area contributed by atoms with Gasteiger partial charge in [0.1, 0.15) is 0 Å². The predicted molar refractivity (Wildman–Crippen MR) is 60.7 cm³/mol. The van der Waals surface area contributed by atoms with Crippen LogP contribution in [0.5, 0.6) is 0 Å². The van der Waals surface area contributed by atoms with Gasteiger partial charge < -0.3 is 15.2 Å². The van der Waals surface area contributed by atoms with E-state index in [2.05, 4.69) is 34.2 Å². The van der Waals surface area contributed by atoms with Crippen LogP contribution < -0.4 is 5.32 Å². The van der Waals surface area contributed by atoms with Crippen LogP contribution in [0.2, 0.25) is 0 Å². The van der Waals surface area contributed by atoms with Gasteiger partial charge in [0.15, 0.2) is 0 Å². The van der Waals surface area contributed by atoms with Gasteiger partial charge in [-0.2, -0.15) is 0 Å². The van der Waals surface area contributed by atoms with E-state index in [4.69, 9.17) is 0 Å². The van der Waals surface area contributed by atoms with E-state index < -0.39 is 0 Å². The molecule has 1 aliphatic rings. The van der Waals surface area contributed by atoms with E-state index in [1.54, 1.807) is 6.33 Å². The van der Waals surface area contributed by atoms with Gasteiger partial charge in [-0.1, -0.05) is 0 Å². The van der Waals surface area contributed by atoms with E-state index in [0.29, 0.717) is 6.04 Å². The number of aromatic amines is 1. The van der Waals surface area contributed by atoms with Crippen molar-refractivity contribution in [1.29, 1.82) is 0 Å². The number of nitrogens with one attached hydrogen (secondary N) is 2. The second-order valence-corrected chi connectivity index (χ2v) is 4.46. The summed E-state index contributed by atoms with van der Waals surface area (Å²) in [5.41, 5.74) is 2.31. The Labute approximate surface area is 91.1 Å². The lowest BCUT2D eigenvalue weighted by Gasteiger charge is -2.30. The Bertz CT molecular complexity index is 307. The molecular weight excluding hydrogens is 188 g/mol. The number of rotatable bonds is 3. The highest BCUT2D eigenvalue weighted by molar-refractivity contribution is 5.08. The molecule has 0 aromatic carbocycles. The third-order valence-electron chi connectivity index (χ3n) is 3.12. The number of hydrogen-bond donors (Lipinski definition) is 2. The summed E-state index contributed by atoms with van der Waals surface area (Å²) in [6, 6.07) is 0.625. The van der Waals surface area contributed by atoms with Gasteiger partial charge in [-0.15, -0.1) is 0 Å². The summed E-state index contributed by atoms with van der Waals surface area (Å²) in [7, 11) is 2.19. The maximum Gasteiger partial charge on any atom is 0.0925 e. The molecule has 0 radical (unpaired) electrons. The minimum Gasteiger partial charge on any atom is -0.348 e. The van der Waals surface area contributed by atoms with Crippen LogP contribution in [0.25, 0.3) is 0 Å². The molecule has 2 rings (SSSR count). The van der Waals surface area contributed by atoms with E-state index in [1.165, 1.54) is 25.1 Å². The SMILES string of the molecule is Cc1[nH]cnc1CNC1CCCN(C)C1. The van der Waals surface area contributed by atoms with Crippen LogP contribution in [0.1, 0.15) is 24.2 Å². The minimum absolute atomic E-state index is 0.625. The molecule has 1 unspecified atom stereocenters. The number of imidazole rings is 1. The highest BCUT2D eigenvalue weighted by Gasteiger charge is 2.16. The van der Waals surface area contributed by atoms with Crippen LogP contribution in [0, 0.1) is 6.92 Å². The molecule has 1 aliphatic heterocycles. The Hall–Kier alpha value is -0.870. The van der Waals surface area contributed by atoms with Crippen molar-refractivity contribution in [3.05, 3.63) is 17.7 Å². The first-order valence-electron chi connectivity index (χ1n) is 5.66. The van der Waals surface area contributed by atoms with Gasteiger partial charge in [0, 0.05) is 24.8 Å². The van der Waals surface area contributed by atoms with Crippen molar-refractivity contribution in [1.82, 2.24) is 20.2 Å². The van der Waals surface area contributed by atoms with E-state index in [9.17, 15) is 0 Å². The van der Waals surface area contributed by atoms with Crippen LogP contribution >= 0.6 is 0 Å². The van der Waals surface area contributed by atoms with Crippen molar-refractivity contribution in [2.24, 2.45) is 0 Å². The molecule has 2 heterocycles. The summed E-state index contributed by atoms with van der Waals surface area (Å²) in [6.45, 7) is 5.34. The zero-order valence-electron chi connectivity index (χ0n) is 9.58. The summed E-state index contributed by atoms with van der Waals surface area (Å²) in [6.07, 6.45) is 4.35. The fourth-order valence-corrected chi connectivity index (χ4v) is 2.14. The molecule has 1 aromatic heterocycles. The molecule has 0 aliphatic carbocycles. The largest absolute Gasteiger partial charge is 0.348 e. The number of aryl methyl sites for hydroxylation is 1. The van der Waals surface area contributed by atoms with Crippen molar-refractivity contribution < 1.29 is 0 Å². The van der Waals surface area contributed by atoms with Crippen LogP contribution in [0.3, 0.4) is 0 Å². The van der Waals surface area contributed by atoms with E-state index in [1.807, 2.05) is 0 Å². The summed E-state index contributed by atoms with van der Waals surface area (Å²) in [4.78, 5) is 9.78. The summed E-state index contributed by atoms with van der Waals surface area (Å²) < 4.78 is 0. The molecule has 1 saturated heterocycles. The highest BCUT2D eigenvalue weighted by atomic mass is 15.1. The number of nitrogens with zero attached hydrogens (tertiary/aromatic N) is 2. The molecule has 1 fully saturated rings. The van der Waals surface area contributed by atoms with Gasteiger partial charge in [0.2, 0.25) is 0 Å². The van der Waals surface area contributed by atoms with Crippen molar-refractivity contribution in [2.75, 3.05) is 20.1 Å². The second kappa shape index (κ2) is 4.77. The summed E-state index contributed by atoms with van der Waals surface area (Å²) in [5, 5.41) is 3.57. The zero-order chi connectivity index (χ0) is 10.7. The molecule has 0 amide bonds. The van der Waals surface area contributed by atoms with E-state index in [-0.39, 0.29) is 0 Å². The summed E-state index contributed by atoms with van der Waals surface area (Å²) in [5.74, 6) is 0. The molecule has 2 N–H and O–H groups in total. The quantitative estimate of drug-likeness (QED) is 0.775. The number of likely N-dealkylation sites (N-methyl/N-ethyl adjacent to an activating group) is 1. The normalized spacial score (nSPS) is 23.2. The standard InChI is InChI=1S/C11H20N4/c1-9-11(14-8-13-9)6-12-10-4-3-5-15(2)7-10/h8,10,12H,3-7H2,1-2H3,(H,13,14). The van der Waals surface area contributed by atoms with Crippen molar-refractivity contribution in [2.45, 2.75) is 32.4 Å². The smallest absolute Gasteiger partial charge is 0.0925 e. The van der Waals surface area contributed by atoms with Gasteiger partial charge in [-0.05, 0) is 33.4 Å². The maximum absolute atomic E-state index is 4.29. The predicted octanol–water partition coefficient (Wildman–Crippen LogP) is 0.902. The molecule has 0 saturated carbocycles. The topological polar surface area (TPSA) is 44.0 Å². The number of piperidine rings is 1. The first kappa shape index (κ1) is 10.6. The molecule has 15 heavy (non-hydrogen) atoms. The fourth-order valence-electron chi connectivity index (χ4n) is 2.14. The third kappa shape index (κ3) is 2.79. The fraction of sp³-hybridized carbons (Fsp3) is 0.727. The molecule has 4 nitrogen and oxygen atoms in total. The Morgan fingerprint density at radius 2 is 2.53 bits per heavy atom. The molecular formula is C11H20N4. The monoisotopic (exact) mass is 208 g/mol. The molecule has 0 bridgehead atoms. The lowest BCUT2D eigenvalue weighted by atomic mass is 10.1. The van der Waals surface area contributed by atoms with Crippen LogP contribution in [0.15, 0.2) is 6.33 Å². The van der Waals surface area contributed by atoms with E-state index in [0.717, 1.165) is 18.8 Å². The molecule has 1 atom stereocenters. The zero-order valence-corrected chi connectivity index (χ0v) is 9.58. The van der Waals surface area contributed by atoms with Gasteiger partial charge >= 0.3 is 0 Å². The van der Waals surface area contributed by atoms with Crippen molar-refractivity contribution in [3.8, 4) is 0 Å². The summed E-state index contributed by atoms with van der Waals surface area (Å²) >= 11 is 0. The Morgan fingerprint density at radius 3 is 3.20 bits per heavy atom. The molecule has 0 spiro atoms. The van der Waals surface area contributed by atoms with E-state index >= 15 is 0 Å². The molecule has 84 valence electrons. The van der Waals surface area contributed by atoms with Crippen molar-refractivity contribution >= 4 is 0 Å². The third-order valence-corrected chi connectivity index (χ3v) is 3.12. The number of H-pyrrole nitrogens is 1. The number of hydrogen-bond acceptors (Lipinski definition) is 3. The molecule has 1 aromatic rings. The van der Waals surface area contributed by atoms with Gasteiger partial charge in [-0.3, -0.25) is 0 Å². The van der Waals surface area contributed by atoms with Crippen LogP contribution in [0.4, 0.5) is 0 Å². The van der Waals surface area contributed by atoms with Gasteiger partial charge in [-0.25, -0.2) is 4.98 Å². The van der Waals surface area contributed by atoms with Crippen LogP contribution in [-0.4, -0.2) is 41.0 Å². The number of aromatic nitrogens is 2. The lowest BCUT2D eigenvalue weighted by molar-refractivity contribution is 0.226. The maximum atomic E-state index is 4.29. The van der Waals surface area contributed by atoms with Crippen LogP contribution in [-0.2, 0) is 6.54 Å². The van der Waals surface area contributed by atoms with Gasteiger partial charge in [0.25, 0.3) is 0 Å². The molecule has 4 heteroatoms. The van der Waals surface area contributed by atoms with Crippen molar-refractivity contribution in [3.63, 3.8) is 0 Å². The first-order valence-corrected chi connectivity index (χ1v) is 5.66. The Morgan fingerprint density at radius 1 is 1.67 bits per heavy atom. The average molecular weight is 208 g/mol. The Balaban J connectivity index is 1.80. The van der Waals surface area contributed by atoms with Gasteiger partial charge in [0.05, 0.1) is 12.0 Å². The second-order valence-electron chi connectivity index (χ2n) is 4.46. The average Bonchev–Trinajstić information content (AvgIpc) is 2.61.